The van der Waals surface area contributed by atoms with Crippen LogP contribution in [0.15, 0.2) is 18.2 Å². The Morgan fingerprint density at radius 1 is 1.26 bits per heavy atom. The SMILES string of the molecule is CC1(C)c2[nH]c3ccc(Cl)cc3c2C[C@@]23NC(=O)[C@]4(CCCN4C2=O)C[C@@H]13. The minimum Gasteiger partial charge on any atom is -0.358 e. The van der Waals surface area contributed by atoms with Crippen molar-refractivity contribution in [3.63, 3.8) is 0 Å². The van der Waals surface area contributed by atoms with Crippen LogP contribution in [-0.2, 0) is 21.4 Å². The normalized spacial score (nSPS) is 35.8. The molecular formula is C21H22ClN3O2. The molecule has 4 saturated heterocycles. The summed E-state index contributed by atoms with van der Waals surface area (Å²) in [5.41, 5.74) is 1.64. The summed E-state index contributed by atoms with van der Waals surface area (Å²) in [6.45, 7) is 5.13. The van der Waals surface area contributed by atoms with Crippen LogP contribution < -0.4 is 5.32 Å². The second-order valence-electron chi connectivity index (χ2n) is 9.34. The summed E-state index contributed by atoms with van der Waals surface area (Å²) in [5.74, 6) is 0.250. The number of nitrogens with zero attached hydrogens (tertiary/aromatic N) is 1. The first-order chi connectivity index (χ1) is 12.8. The molecule has 2 spiro atoms. The lowest BCUT2D eigenvalue weighted by atomic mass is 9.51. The van der Waals surface area contributed by atoms with Crippen LogP contribution in [0, 0.1) is 5.92 Å². The first-order valence-electron chi connectivity index (χ1n) is 9.75. The Bertz CT molecular complexity index is 1060. The third-order valence-electron chi connectivity index (χ3n) is 7.85. The van der Waals surface area contributed by atoms with Crippen LogP contribution in [-0.4, -0.2) is 39.3 Å². The summed E-state index contributed by atoms with van der Waals surface area (Å²) >= 11 is 6.27. The number of piperazine rings is 1. The topological polar surface area (TPSA) is 65.2 Å². The number of amides is 2. The van der Waals surface area contributed by atoms with Crippen molar-refractivity contribution >= 4 is 34.3 Å². The molecule has 0 unspecified atom stereocenters. The standard InChI is InChI=1S/C21H22ClN3O2/c1-19(2)15-10-20-6-3-7-25(20)18(27)21(15,24-17(20)26)9-13-12-8-11(22)4-5-14(12)23-16(13)19/h4-5,8,15,23H,3,6-7,9-10H2,1-2H3,(H,24,26)/t15-,20-,21-/m0/s1. The first-order valence-corrected chi connectivity index (χ1v) is 10.1. The van der Waals surface area contributed by atoms with Gasteiger partial charge in [0.05, 0.1) is 0 Å². The number of carbonyl (C=O) groups is 2. The molecule has 5 heterocycles. The summed E-state index contributed by atoms with van der Waals surface area (Å²) in [7, 11) is 0. The van der Waals surface area contributed by atoms with Crippen LogP contribution in [0.2, 0.25) is 5.02 Å². The molecule has 1 aromatic heterocycles. The summed E-state index contributed by atoms with van der Waals surface area (Å²) < 4.78 is 0. The number of halogens is 1. The van der Waals surface area contributed by atoms with Gasteiger partial charge in [0.2, 0.25) is 11.8 Å². The number of hydrogen-bond donors (Lipinski definition) is 2. The number of rotatable bonds is 0. The number of benzene rings is 1. The fraction of sp³-hybridized carbons (Fsp3) is 0.524. The van der Waals surface area contributed by atoms with Crippen LogP contribution >= 0.6 is 11.6 Å². The highest BCUT2D eigenvalue weighted by Crippen LogP contribution is 2.59. The molecule has 27 heavy (non-hydrogen) atoms. The van der Waals surface area contributed by atoms with Gasteiger partial charge in [-0.3, -0.25) is 9.59 Å². The Morgan fingerprint density at radius 2 is 2.07 bits per heavy atom. The van der Waals surface area contributed by atoms with E-state index in [1.54, 1.807) is 0 Å². The molecule has 140 valence electrons. The van der Waals surface area contributed by atoms with Crippen molar-refractivity contribution in [1.82, 2.24) is 15.2 Å². The van der Waals surface area contributed by atoms with Gasteiger partial charge >= 0.3 is 0 Å². The molecule has 4 aliphatic heterocycles. The van der Waals surface area contributed by atoms with Crippen LogP contribution in [0.25, 0.3) is 10.9 Å². The lowest BCUT2D eigenvalue weighted by molar-refractivity contribution is -0.179. The van der Waals surface area contributed by atoms with E-state index in [-0.39, 0.29) is 23.1 Å². The molecule has 7 rings (SSSR count). The van der Waals surface area contributed by atoms with Gasteiger partial charge in [-0.25, -0.2) is 0 Å². The minimum atomic E-state index is -0.836. The zero-order valence-electron chi connectivity index (χ0n) is 15.5. The molecule has 1 aromatic carbocycles. The summed E-state index contributed by atoms with van der Waals surface area (Å²) in [5, 5.41) is 4.97. The Kier molecular flexibility index (Phi) is 2.67. The van der Waals surface area contributed by atoms with Gasteiger partial charge in [0.15, 0.2) is 0 Å². The third kappa shape index (κ3) is 1.61. The van der Waals surface area contributed by atoms with Gasteiger partial charge in [0.25, 0.3) is 0 Å². The molecule has 0 saturated carbocycles. The van der Waals surface area contributed by atoms with Gasteiger partial charge < -0.3 is 15.2 Å². The maximum atomic E-state index is 13.7. The number of aromatic amines is 1. The fourth-order valence-electron chi connectivity index (χ4n) is 6.60. The molecule has 1 aliphatic carbocycles. The lowest BCUT2D eigenvalue weighted by Gasteiger charge is -2.64. The van der Waals surface area contributed by atoms with Crippen LogP contribution in [0.5, 0.6) is 0 Å². The number of carbonyl (C=O) groups excluding carboxylic acids is 2. The lowest BCUT2D eigenvalue weighted by Crippen LogP contribution is -2.84. The molecule has 2 bridgehead atoms. The summed E-state index contributed by atoms with van der Waals surface area (Å²) in [6.07, 6.45) is 2.98. The van der Waals surface area contributed by atoms with Crippen molar-refractivity contribution in [3.8, 4) is 0 Å². The maximum Gasteiger partial charge on any atom is 0.249 e. The molecule has 4 fully saturated rings. The van der Waals surface area contributed by atoms with Crippen LogP contribution in [0.3, 0.4) is 0 Å². The highest BCUT2D eigenvalue weighted by Gasteiger charge is 2.72. The molecule has 3 atom stereocenters. The highest BCUT2D eigenvalue weighted by atomic mass is 35.5. The Morgan fingerprint density at radius 3 is 2.89 bits per heavy atom. The summed E-state index contributed by atoms with van der Waals surface area (Å²) in [4.78, 5) is 32.3. The maximum absolute atomic E-state index is 13.7. The van der Waals surface area contributed by atoms with E-state index in [4.69, 9.17) is 11.6 Å². The predicted octanol–water partition coefficient (Wildman–Crippen LogP) is 2.90. The zero-order valence-corrected chi connectivity index (χ0v) is 16.2. The highest BCUT2D eigenvalue weighted by molar-refractivity contribution is 6.31. The second kappa shape index (κ2) is 4.52. The van der Waals surface area contributed by atoms with Gasteiger partial charge in [-0.1, -0.05) is 25.4 Å². The number of fused-ring (bicyclic) bond motifs is 4. The molecule has 5 aliphatic rings. The van der Waals surface area contributed by atoms with E-state index < -0.39 is 11.1 Å². The van der Waals surface area contributed by atoms with E-state index in [2.05, 4.69) is 24.1 Å². The molecule has 2 N–H and O–H groups in total. The molecule has 5 nitrogen and oxygen atoms in total. The quantitative estimate of drug-likeness (QED) is 0.734. The third-order valence-corrected chi connectivity index (χ3v) is 8.09. The minimum absolute atomic E-state index is 0.0490. The van der Waals surface area contributed by atoms with Crippen molar-refractivity contribution in [2.24, 2.45) is 5.92 Å². The first kappa shape index (κ1) is 16.0. The second-order valence-corrected chi connectivity index (χ2v) is 9.78. The summed E-state index contributed by atoms with van der Waals surface area (Å²) in [6, 6.07) is 5.86. The van der Waals surface area contributed by atoms with E-state index in [0.29, 0.717) is 18.0 Å². The Balaban J connectivity index is 1.63. The van der Waals surface area contributed by atoms with Gasteiger partial charge in [-0.2, -0.15) is 0 Å². The van der Waals surface area contributed by atoms with Crippen LogP contribution in [0.4, 0.5) is 0 Å². The fourth-order valence-corrected chi connectivity index (χ4v) is 6.77. The van der Waals surface area contributed by atoms with Crippen molar-refractivity contribution in [3.05, 3.63) is 34.5 Å². The number of H-pyrrole nitrogens is 1. The molecule has 6 heteroatoms. The van der Waals surface area contributed by atoms with Gasteiger partial charge in [-0.15, -0.1) is 0 Å². The number of hydrogen-bond acceptors (Lipinski definition) is 2. The van der Waals surface area contributed by atoms with Gasteiger partial charge in [0.1, 0.15) is 11.1 Å². The predicted molar refractivity (Wildman–Crippen MR) is 103 cm³/mol. The smallest absolute Gasteiger partial charge is 0.249 e. The van der Waals surface area contributed by atoms with Gasteiger partial charge in [0, 0.05) is 45.9 Å². The number of nitrogens with one attached hydrogen (secondary N) is 2. The van der Waals surface area contributed by atoms with E-state index in [0.717, 1.165) is 35.7 Å². The zero-order chi connectivity index (χ0) is 18.8. The molecule has 0 radical (unpaired) electrons. The van der Waals surface area contributed by atoms with Crippen molar-refractivity contribution in [2.75, 3.05) is 6.54 Å². The largest absolute Gasteiger partial charge is 0.358 e. The van der Waals surface area contributed by atoms with E-state index in [9.17, 15) is 9.59 Å². The van der Waals surface area contributed by atoms with Crippen molar-refractivity contribution in [2.45, 2.75) is 56.0 Å². The monoisotopic (exact) mass is 383 g/mol. The van der Waals surface area contributed by atoms with Gasteiger partial charge in [-0.05, 0) is 43.0 Å². The van der Waals surface area contributed by atoms with Crippen molar-refractivity contribution < 1.29 is 9.59 Å². The molecule has 2 aromatic rings. The Hall–Kier alpha value is -2.01. The van der Waals surface area contributed by atoms with E-state index >= 15 is 0 Å². The molecular weight excluding hydrogens is 362 g/mol. The molecule has 2 amide bonds. The van der Waals surface area contributed by atoms with Crippen LogP contribution in [0.1, 0.15) is 44.4 Å². The van der Waals surface area contributed by atoms with E-state index in [1.807, 2.05) is 23.1 Å². The average Bonchev–Trinajstić information content (AvgIpc) is 3.20. The van der Waals surface area contributed by atoms with E-state index in [1.165, 1.54) is 5.69 Å². The number of piperidine rings is 2. The Labute approximate surface area is 162 Å². The number of aromatic nitrogens is 1. The average molecular weight is 384 g/mol. The van der Waals surface area contributed by atoms with Crippen molar-refractivity contribution in [1.29, 1.82) is 0 Å².